The summed E-state index contributed by atoms with van der Waals surface area (Å²) >= 11 is 6.31. The van der Waals surface area contributed by atoms with Crippen LogP contribution in [0.2, 0.25) is 5.02 Å². The molecule has 0 aromatic heterocycles. The van der Waals surface area contributed by atoms with E-state index in [4.69, 9.17) is 31.6 Å². The maximum Gasteiger partial charge on any atom is 0.345 e. The highest BCUT2D eigenvalue weighted by Crippen LogP contribution is 2.26. The molecule has 0 fully saturated rings. The molecule has 42 heavy (non-hydrogen) atoms. The van der Waals surface area contributed by atoms with Gasteiger partial charge in [0.1, 0.15) is 29.2 Å². The molecule has 0 aliphatic carbocycles. The van der Waals surface area contributed by atoms with Gasteiger partial charge in [0.15, 0.2) is 0 Å². The SMILES string of the molecule is CCCCCc1ccc(-c2ccc(C(=O)Oc3ccc(C(=O)Oc4ccc(C=C(C#N)C#N)cc4)c(Cl)c3)cc2)cc1. The molecule has 7 heteroatoms. The highest BCUT2D eigenvalue weighted by atomic mass is 35.5. The van der Waals surface area contributed by atoms with Crippen molar-refractivity contribution in [3.8, 4) is 34.8 Å². The number of benzene rings is 4. The highest BCUT2D eigenvalue weighted by molar-refractivity contribution is 6.33. The van der Waals surface area contributed by atoms with Gasteiger partial charge in [-0.2, -0.15) is 10.5 Å². The fourth-order valence-corrected chi connectivity index (χ4v) is 4.43. The van der Waals surface area contributed by atoms with Gasteiger partial charge in [0.05, 0.1) is 16.1 Å². The zero-order valence-electron chi connectivity index (χ0n) is 23.0. The summed E-state index contributed by atoms with van der Waals surface area (Å²) in [7, 11) is 0. The van der Waals surface area contributed by atoms with E-state index in [1.807, 2.05) is 12.1 Å². The van der Waals surface area contributed by atoms with Crippen LogP contribution >= 0.6 is 11.6 Å². The molecule has 0 atom stereocenters. The Labute approximate surface area is 250 Å². The van der Waals surface area contributed by atoms with E-state index >= 15 is 0 Å². The second-order valence-corrected chi connectivity index (χ2v) is 9.91. The minimum Gasteiger partial charge on any atom is -0.423 e. The van der Waals surface area contributed by atoms with Gasteiger partial charge < -0.3 is 9.47 Å². The molecule has 0 amide bonds. The second kappa shape index (κ2) is 14.5. The van der Waals surface area contributed by atoms with Crippen LogP contribution in [-0.2, 0) is 6.42 Å². The summed E-state index contributed by atoms with van der Waals surface area (Å²) in [5.74, 6) is -0.804. The third-order valence-corrected chi connectivity index (χ3v) is 6.80. The second-order valence-electron chi connectivity index (χ2n) is 9.50. The average molecular weight is 575 g/mol. The van der Waals surface area contributed by atoms with E-state index in [9.17, 15) is 9.59 Å². The number of hydrogen-bond donors (Lipinski definition) is 0. The number of carbonyl (C=O) groups is 2. The minimum absolute atomic E-state index is 0.0389. The summed E-state index contributed by atoms with van der Waals surface area (Å²) in [6, 6.07) is 29.8. The van der Waals surface area contributed by atoms with Gasteiger partial charge in [-0.05, 0) is 77.6 Å². The molecule has 0 heterocycles. The normalized spacial score (nSPS) is 10.2. The molecule has 0 N–H and O–H groups in total. The molecule has 0 radical (unpaired) electrons. The van der Waals surface area contributed by atoms with E-state index in [0.29, 0.717) is 11.1 Å². The fourth-order valence-electron chi connectivity index (χ4n) is 4.18. The van der Waals surface area contributed by atoms with Gasteiger partial charge in [0.2, 0.25) is 0 Å². The summed E-state index contributed by atoms with van der Waals surface area (Å²) < 4.78 is 10.9. The van der Waals surface area contributed by atoms with Gasteiger partial charge >= 0.3 is 11.9 Å². The highest BCUT2D eigenvalue weighted by Gasteiger charge is 2.16. The Morgan fingerprint density at radius 1 is 0.762 bits per heavy atom. The molecule has 0 aliphatic rings. The van der Waals surface area contributed by atoms with Crippen molar-refractivity contribution in [2.45, 2.75) is 32.6 Å². The van der Waals surface area contributed by atoms with Crippen LogP contribution in [0.5, 0.6) is 11.5 Å². The summed E-state index contributed by atoms with van der Waals surface area (Å²) in [6.07, 6.45) is 6.12. The Kier molecular flexibility index (Phi) is 10.3. The van der Waals surface area contributed by atoms with E-state index < -0.39 is 11.9 Å². The Morgan fingerprint density at radius 2 is 1.36 bits per heavy atom. The van der Waals surface area contributed by atoms with Crippen molar-refractivity contribution in [3.05, 3.63) is 124 Å². The van der Waals surface area contributed by atoms with Crippen molar-refractivity contribution in [3.63, 3.8) is 0 Å². The summed E-state index contributed by atoms with van der Waals surface area (Å²) in [6.45, 7) is 2.20. The topological polar surface area (TPSA) is 100 Å². The molecule has 0 saturated heterocycles. The van der Waals surface area contributed by atoms with E-state index in [-0.39, 0.29) is 27.7 Å². The molecule has 6 nitrogen and oxygen atoms in total. The van der Waals surface area contributed by atoms with Crippen LogP contribution in [0.4, 0.5) is 0 Å². The predicted molar refractivity (Wildman–Crippen MR) is 162 cm³/mol. The first-order valence-electron chi connectivity index (χ1n) is 13.5. The van der Waals surface area contributed by atoms with Crippen molar-refractivity contribution in [1.29, 1.82) is 10.5 Å². The molecule has 0 saturated carbocycles. The number of aryl methyl sites for hydroxylation is 1. The van der Waals surface area contributed by atoms with Gasteiger partial charge in [-0.3, -0.25) is 0 Å². The van der Waals surface area contributed by atoms with Crippen LogP contribution in [0.15, 0.2) is 96.6 Å². The zero-order valence-corrected chi connectivity index (χ0v) is 23.7. The molecular weight excluding hydrogens is 548 g/mol. The lowest BCUT2D eigenvalue weighted by Crippen LogP contribution is -2.11. The lowest BCUT2D eigenvalue weighted by Gasteiger charge is -2.09. The van der Waals surface area contributed by atoms with Crippen molar-refractivity contribution >= 4 is 29.6 Å². The largest absolute Gasteiger partial charge is 0.423 e. The maximum atomic E-state index is 12.7. The van der Waals surface area contributed by atoms with Crippen LogP contribution < -0.4 is 9.47 Å². The van der Waals surface area contributed by atoms with Crippen molar-refractivity contribution in [2.75, 3.05) is 0 Å². The monoisotopic (exact) mass is 574 g/mol. The van der Waals surface area contributed by atoms with Gasteiger partial charge in [-0.15, -0.1) is 0 Å². The molecular formula is C35H27ClN2O4. The standard InChI is InChI=1S/C35H27ClN2O4/c1-2-3-4-5-24-6-10-27(11-7-24)28-12-14-29(15-13-28)34(39)42-31-18-19-32(33(36)21-31)35(40)41-30-16-8-25(9-17-30)20-26(22-37)23-38/h6-21H,2-5H2,1H3. The van der Waals surface area contributed by atoms with Crippen molar-refractivity contribution in [2.24, 2.45) is 0 Å². The van der Waals surface area contributed by atoms with Crippen molar-refractivity contribution in [1.82, 2.24) is 0 Å². The van der Waals surface area contributed by atoms with Crippen LogP contribution in [0, 0.1) is 22.7 Å². The number of unbranched alkanes of at least 4 members (excludes halogenated alkanes) is 2. The quantitative estimate of drug-likeness (QED) is 0.0813. The number of esters is 2. The summed E-state index contributed by atoms with van der Waals surface area (Å²) in [5, 5.41) is 17.8. The first-order valence-corrected chi connectivity index (χ1v) is 13.8. The molecule has 4 aromatic rings. The van der Waals surface area contributed by atoms with E-state index in [1.54, 1.807) is 36.4 Å². The lowest BCUT2D eigenvalue weighted by atomic mass is 10.0. The molecule has 0 spiro atoms. The number of ether oxygens (including phenoxy) is 2. The minimum atomic E-state index is -0.694. The number of hydrogen-bond acceptors (Lipinski definition) is 6. The molecule has 208 valence electrons. The first kappa shape index (κ1) is 29.8. The summed E-state index contributed by atoms with van der Waals surface area (Å²) in [4.78, 5) is 25.4. The Hall–Kier alpha value is -5.17. The Bertz CT molecular complexity index is 1660. The predicted octanol–water partition coefficient (Wildman–Crippen LogP) is 8.61. The van der Waals surface area contributed by atoms with E-state index in [1.165, 1.54) is 61.2 Å². The number of carbonyl (C=O) groups excluding carboxylic acids is 2. The zero-order chi connectivity index (χ0) is 29.9. The van der Waals surface area contributed by atoms with Gasteiger partial charge in [-0.1, -0.05) is 79.9 Å². The van der Waals surface area contributed by atoms with Gasteiger partial charge in [0, 0.05) is 6.07 Å². The third-order valence-electron chi connectivity index (χ3n) is 6.49. The van der Waals surface area contributed by atoms with Crippen molar-refractivity contribution < 1.29 is 19.1 Å². The van der Waals surface area contributed by atoms with E-state index in [0.717, 1.165) is 17.5 Å². The molecule has 0 bridgehead atoms. The number of halogens is 1. The third kappa shape index (κ3) is 7.95. The van der Waals surface area contributed by atoms with E-state index in [2.05, 4.69) is 31.2 Å². The van der Waals surface area contributed by atoms with Gasteiger partial charge in [-0.25, -0.2) is 9.59 Å². The smallest absolute Gasteiger partial charge is 0.345 e. The lowest BCUT2D eigenvalue weighted by molar-refractivity contribution is 0.0730. The average Bonchev–Trinajstić information content (AvgIpc) is 3.01. The molecule has 0 unspecified atom stereocenters. The van der Waals surface area contributed by atoms with Crippen LogP contribution in [0.25, 0.3) is 17.2 Å². The Balaban J connectivity index is 1.35. The van der Waals surface area contributed by atoms with Crippen LogP contribution in [0.1, 0.15) is 58.0 Å². The maximum absolute atomic E-state index is 12.7. The fraction of sp³-hybridized carbons (Fsp3) is 0.143. The Morgan fingerprint density at radius 3 is 1.95 bits per heavy atom. The number of rotatable bonds is 10. The number of nitrogens with zero attached hydrogens (tertiary/aromatic N) is 2. The number of nitriles is 2. The summed E-state index contributed by atoms with van der Waals surface area (Å²) in [5.41, 5.74) is 4.44. The molecule has 0 aliphatic heterocycles. The molecule has 4 aromatic carbocycles. The molecule has 4 rings (SSSR count). The first-order chi connectivity index (χ1) is 20.4. The van der Waals surface area contributed by atoms with Crippen LogP contribution in [-0.4, -0.2) is 11.9 Å². The van der Waals surface area contributed by atoms with Crippen LogP contribution in [0.3, 0.4) is 0 Å². The van der Waals surface area contributed by atoms with Gasteiger partial charge in [0.25, 0.3) is 0 Å². The number of allylic oxidation sites excluding steroid dienone is 1.